The van der Waals surface area contributed by atoms with E-state index in [1.165, 1.54) is 0 Å². The van der Waals surface area contributed by atoms with E-state index in [2.05, 4.69) is 22.1 Å². The molecule has 0 saturated carbocycles. The number of nitrogens with zero attached hydrogens (tertiary/aromatic N) is 3. The second-order valence-electron chi connectivity index (χ2n) is 9.20. The molecule has 7 heteroatoms. The standard InChI is InChI=1S/C31H33FN4O2/c1-4-25(27-11-8-9-19-33-27)30(23-15-18-28-26(21-23)31(32)35-34-28)22-13-16-24(17-14-22)38-20-10-6-5-7-12-29(37)36(2)3/h7-9,11-19,21H,4-6,10,20H2,1-3H3,(H,34,35)/b12-7+,30-25+. The van der Waals surface area contributed by atoms with Crippen LogP contribution < -0.4 is 4.74 Å². The average molecular weight is 513 g/mol. The molecule has 4 rings (SSSR count). The zero-order chi connectivity index (χ0) is 26.9. The van der Waals surface area contributed by atoms with Crippen LogP contribution in [0.1, 0.15) is 49.4 Å². The summed E-state index contributed by atoms with van der Waals surface area (Å²) in [5.74, 6) is 0.345. The molecule has 1 N–H and O–H groups in total. The van der Waals surface area contributed by atoms with Crippen molar-refractivity contribution < 1.29 is 13.9 Å². The van der Waals surface area contributed by atoms with Crippen molar-refractivity contribution in [3.05, 3.63) is 102 Å². The van der Waals surface area contributed by atoms with Crippen molar-refractivity contribution in [2.24, 2.45) is 0 Å². The zero-order valence-corrected chi connectivity index (χ0v) is 22.1. The van der Waals surface area contributed by atoms with Crippen molar-refractivity contribution in [1.29, 1.82) is 0 Å². The third-order valence-corrected chi connectivity index (χ3v) is 6.30. The van der Waals surface area contributed by atoms with Gasteiger partial charge in [0, 0.05) is 20.3 Å². The first kappa shape index (κ1) is 26.8. The molecule has 1 amide bonds. The Hall–Kier alpha value is -4.26. The van der Waals surface area contributed by atoms with Gasteiger partial charge in [0.1, 0.15) is 5.75 Å². The molecule has 38 heavy (non-hydrogen) atoms. The van der Waals surface area contributed by atoms with E-state index >= 15 is 0 Å². The Balaban J connectivity index is 1.53. The van der Waals surface area contributed by atoms with Crippen LogP contribution in [0.25, 0.3) is 22.0 Å². The molecule has 0 saturated heterocycles. The summed E-state index contributed by atoms with van der Waals surface area (Å²) < 4.78 is 20.3. The number of nitrogens with one attached hydrogen (secondary N) is 1. The quantitative estimate of drug-likeness (QED) is 0.180. The van der Waals surface area contributed by atoms with Gasteiger partial charge in [-0.2, -0.15) is 9.49 Å². The Kier molecular flexibility index (Phi) is 9.03. The van der Waals surface area contributed by atoms with Gasteiger partial charge >= 0.3 is 0 Å². The lowest BCUT2D eigenvalue weighted by atomic mass is 9.89. The van der Waals surface area contributed by atoms with Gasteiger partial charge in [-0.05, 0) is 90.4 Å². The highest BCUT2D eigenvalue weighted by molar-refractivity contribution is 5.99. The molecule has 6 nitrogen and oxygen atoms in total. The maximum Gasteiger partial charge on any atom is 0.245 e. The van der Waals surface area contributed by atoms with E-state index in [1.54, 1.807) is 31.3 Å². The number of halogens is 1. The molecule has 0 aliphatic rings. The highest BCUT2D eigenvalue weighted by atomic mass is 19.1. The molecular weight excluding hydrogens is 479 g/mol. The van der Waals surface area contributed by atoms with Crippen molar-refractivity contribution >= 4 is 28.0 Å². The molecule has 0 bridgehead atoms. The molecule has 4 aromatic rings. The lowest BCUT2D eigenvalue weighted by Gasteiger charge is -2.16. The summed E-state index contributed by atoms with van der Waals surface area (Å²) in [6, 6.07) is 19.5. The third kappa shape index (κ3) is 6.54. The molecular formula is C31H33FN4O2. The van der Waals surface area contributed by atoms with Crippen molar-refractivity contribution in [3.63, 3.8) is 0 Å². The Morgan fingerprint density at radius 1 is 1.05 bits per heavy atom. The summed E-state index contributed by atoms with van der Waals surface area (Å²) >= 11 is 0. The molecule has 0 aliphatic heterocycles. The fourth-order valence-electron chi connectivity index (χ4n) is 4.28. The number of aromatic amines is 1. The second kappa shape index (κ2) is 12.8. The highest BCUT2D eigenvalue weighted by Gasteiger charge is 2.16. The fraction of sp³-hybridized carbons (Fsp3) is 0.258. The molecule has 0 unspecified atom stereocenters. The number of rotatable bonds is 11. The first-order valence-electron chi connectivity index (χ1n) is 12.9. The Morgan fingerprint density at radius 2 is 1.84 bits per heavy atom. The summed E-state index contributed by atoms with van der Waals surface area (Å²) in [5, 5.41) is 6.91. The minimum Gasteiger partial charge on any atom is -0.494 e. The molecule has 0 spiro atoms. The normalized spacial score (nSPS) is 12.1. The number of H-pyrrole nitrogens is 1. The monoisotopic (exact) mass is 512 g/mol. The number of hydrogen-bond donors (Lipinski definition) is 1. The lowest BCUT2D eigenvalue weighted by Crippen LogP contribution is -2.18. The number of fused-ring (bicyclic) bond motifs is 1. The van der Waals surface area contributed by atoms with Crippen LogP contribution in [0.3, 0.4) is 0 Å². The highest BCUT2D eigenvalue weighted by Crippen LogP contribution is 2.35. The molecule has 2 aromatic heterocycles. The fourth-order valence-corrected chi connectivity index (χ4v) is 4.28. The Labute approximate surface area is 222 Å². The average Bonchev–Trinajstić information content (AvgIpc) is 3.31. The van der Waals surface area contributed by atoms with Gasteiger partial charge in [0.25, 0.3) is 0 Å². The van der Waals surface area contributed by atoms with Gasteiger partial charge in [-0.3, -0.25) is 14.9 Å². The molecule has 0 radical (unpaired) electrons. The van der Waals surface area contributed by atoms with Crippen LogP contribution in [-0.4, -0.2) is 46.7 Å². The van der Waals surface area contributed by atoms with E-state index in [0.717, 1.165) is 59.4 Å². The van der Waals surface area contributed by atoms with Gasteiger partial charge in [0.2, 0.25) is 11.9 Å². The van der Waals surface area contributed by atoms with E-state index in [1.807, 2.05) is 66.7 Å². The predicted molar refractivity (Wildman–Crippen MR) is 150 cm³/mol. The topological polar surface area (TPSA) is 71.1 Å². The first-order valence-corrected chi connectivity index (χ1v) is 12.9. The number of allylic oxidation sites excluding steroid dienone is 2. The van der Waals surface area contributed by atoms with Crippen molar-refractivity contribution in [2.45, 2.75) is 32.6 Å². The molecule has 2 heterocycles. The molecule has 0 aliphatic carbocycles. The number of carbonyl (C=O) groups is 1. The van der Waals surface area contributed by atoms with Crippen LogP contribution in [0.5, 0.6) is 5.75 Å². The van der Waals surface area contributed by atoms with Crippen LogP contribution in [-0.2, 0) is 4.79 Å². The SMILES string of the molecule is CC/C(=C(/c1ccc(OCCCC/C=C/C(=O)N(C)C)cc1)c1ccc2n[nH]c(F)c2c1)c1ccccn1. The number of aromatic nitrogens is 3. The minimum absolute atomic E-state index is 0.00106. The number of amides is 1. The van der Waals surface area contributed by atoms with E-state index in [0.29, 0.717) is 17.5 Å². The number of carbonyl (C=O) groups excluding carboxylic acids is 1. The van der Waals surface area contributed by atoms with Gasteiger partial charge in [0.15, 0.2) is 0 Å². The van der Waals surface area contributed by atoms with Gasteiger partial charge in [-0.1, -0.05) is 37.3 Å². The van der Waals surface area contributed by atoms with Crippen molar-refractivity contribution in [2.75, 3.05) is 20.7 Å². The maximum absolute atomic E-state index is 14.4. The Bertz CT molecular complexity index is 1420. The number of pyridine rings is 1. The first-order chi connectivity index (χ1) is 18.5. The van der Waals surface area contributed by atoms with Gasteiger partial charge < -0.3 is 9.64 Å². The molecule has 0 fully saturated rings. The van der Waals surface area contributed by atoms with Crippen LogP contribution in [0, 0.1) is 5.95 Å². The summed E-state index contributed by atoms with van der Waals surface area (Å²) in [6.07, 6.45) is 8.73. The van der Waals surface area contributed by atoms with E-state index in [9.17, 15) is 9.18 Å². The van der Waals surface area contributed by atoms with Crippen molar-refractivity contribution in [1.82, 2.24) is 20.1 Å². The Morgan fingerprint density at radius 3 is 2.55 bits per heavy atom. The summed E-state index contributed by atoms with van der Waals surface area (Å²) in [4.78, 5) is 17.7. The zero-order valence-electron chi connectivity index (χ0n) is 22.1. The van der Waals surface area contributed by atoms with Gasteiger partial charge in [-0.25, -0.2) is 0 Å². The molecule has 2 aromatic carbocycles. The van der Waals surface area contributed by atoms with Gasteiger partial charge in [-0.15, -0.1) is 0 Å². The van der Waals surface area contributed by atoms with E-state index in [-0.39, 0.29) is 5.91 Å². The summed E-state index contributed by atoms with van der Waals surface area (Å²) in [7, 11) is 3.48. The predicted octanol–water partition coefficient (Wildman–Crippen LogP) is 6.66. The van der Waals surface area contributed by atoms with E-state index < -0.39 is 5.95 Å². The van der Waals surface area contributed by atoms with Crippen LogP contribution in [0.4, 0.5) is 4.39 Å². The largest absolute Gasteiger partial charge is 0.494 e. The number of hydrogen-bond acceptors (Lipinski definition) is 4. The molecule has 0 atom stereocenters. The van der Waals surface area contributed by atoms with Crippen LogP contribution in [0.2, 0.25) is 0 Å². The van der Waals surface area contributed by atoms with Crippen LogP contribution in [0.15, 0.2) is 79.0 Å². The number of likely N-dealkylation sites (N-methyl/N-ethyl adjacent to an activating group) is 1. The summed E-state index contributed by atoms with van der Waals surface area (Å²) in [5.41, 5.74) is 5.45. The van der Waals surface area contributed by atoms with Crippen LogP contribution >= 0.6 is 0 Å². The third-order valence-electron chi connectivity index (χ3n) is 6.30. The number of unbranched alkanes of at least 4 members (excludes halogenated alkanes) is 2. The van der Waals surface area contributed by atoms with E-state index in [4.69, 9.17) is 4.74 Å². The molecule has 196 valence electrons. The van der Waals surface area contributed by atoms with Gasteiger partial charge in [0.05, 0.1) is 23.2 Å². The number of benzene rings is 2. The smallest absolute Gasteiger partial charge is 0.245 e. The minimum atomic E-state index is -0.444. The second-order valence-corrected chi connectivity index (χ2v) is 9.20. The number of ether oxygens (including phenoxy) is 1. The summed E-state index contributed by atoms with van der Waals surface area (Å²) in [6.45, 7) is 2.70. The lowest BCUT2D eigenvalue weighted by molar-refractivity contribution is -0.123. The van der Waals surface area contributed by atoms with Crippen molar-refractivity contribution in [3.8, 4) is 5.75 Å². The maximum atomic E-state index is 14.4.